The first-order valence-electron chi connectivity index (χ1n) is 7.84. The Kier molecular flexibility index (Phi) is 6.23. The molecule has 0 aromatic heterocycles. The molecule has 0 aromatic carbocycles. The van der Waals surface area contributed by atoms with Crippen LogP contribution in [-0.2, 0) is 19.6 Å². The first-order chi connectivity index (χ1) is 9.66. The summed E-state index contributed by atoms with van der Waals surface area (Å²) in [5, 5.41) is 0. The maximum atomic E-state index is 12.6. The van der Waals surface area contributed by atoms with Crippen LogP contribution < -0.4 is 4.72 Å². The molecule has 1 rings (SSSR count). The van der Waals surface area contributed by atoms with E-state index in [0.717, 1.165) is 38.4 Å². The molecule has 5 nitrogen and oxygen atoms in total. The Bertz CT molecular complexity index is 454. The zero-order chi connectivity index (χ0) is 16.1. The summed E-state index contributed by atoms with van der Waals surface area (Å²) in [4.78, 5) is 12.6. The third kappa shape index (κ3) is 5.25. The summed E-state index contributed by atoms with van der Waals surface area (Å²) in [5.41, 5.74) is -1.17. The summed E-state index contributed by atoms with van der Waals surface area (Å²) >= 11 is 0. The van der Waals surface area contributed by atoms with E-state index >= 15 is 0 Å². The maximum Gasteiger partial charge on any atom is 0.313 e. The van der Waals surface area contributed by atoms with Crippen LogP contribution in [-0.4, -0.2) is 32.8 Å². The first-order valence-corrected chi connectivity index (χ1v) is 9.74. The van der Waals surface area contributed by atoms with Crippen molar-refractivity contribution in [2.45, 2.75) is 71.3 Å². The number of hydrogen-bond donors (Lipinski definition) is 1. The lowest BCUT2D eigenvalue weighted by atomic mass is 9.81. The van der Waals surface area contributed by atoms with Crippen LogP contribution >= 0.6 is 0 Å². The molecule has 0 radical (unpaired) electrons. The third-order valence-electron chi connectivity index (χ3n) is 4.72. The molecule has 1 N–H and O–H groups in total. The monoisotopic (exact) mass is 319 g/mol. The quantitative estimate of drug-likeness (QED) is 0.732. The van der Waals surface area contributed by atoms with E-state index < -0.39 is 15.4 Å². The zero-order valence-corrected chi connectivity index (χ0v) is 14.5. The molecule has 6 heteroatoms. The highest BCUT2D eigenvalue weighted by Gasteiger charge is 2.41. The van der Waals surface area contributed by atoms with Gasteiger partial charge in [0, 0.05) is 6.54 Å². The predicted molar refractivity (Wildman–Crippen MR) is 83.4 cm³/mol. The van der Waals surface area contributed by atoms with E-state index in [2.05, 4.69) is 11.6 Å². The molecular weight excluding hydrogens is 290 g/mol. The summed E-state index contributed by atoms with van der Waals surface area (Å²) in [6, 6.07) is 0. The Hall–Kier alpha value is -0.620. The molecule has 1 fully saturated rings. The minimum absolute atomic E-state index is 0.0843. The van der Waals surface area contributed by atoms with Gasteiger partial charge in [-0.25, -0.2) is 13.1 Å². The molecule has 21 heavy (non-hydrogen) atoms. The second-order valence-corrected chi connectivity index (χ2v) is 8.33. The van der Waals surface area contributed by atoms with Gasteiger partial charge in [-0.2, -0.15) is 0 Å². The molecule has 0 spiro atoms. The van der Waals surface area contributed by atoms with Gasteiger partial charge in [-0.1, -0.05) is 20.3 Å². The number of sulfonamides is 1. The SMILES string of the molecule is CCC1(OC(=O)C(C)(CC)CNS(C)(=O)=O)CCCCC1. The summed E-state index contributed by atoms with van der Waals surface area (Å²) in [6.07, 6.45) is 7.65. The fourth-order valence-electron chi connectivity index (χ4n) is 2.68. The number of ether oxygens (including phenoxy) is 1. The average molecular weight is 319 g/mol. The summed E-state index contributed by atoms with van der Waals surface area (Å²) in [7, 11) is -3.31. The van der Waals surface area contributed by atoms with Gasteiger partial charge < -0.3 is 4.74 Å². The predicted octanol–water partition coefficient (Wildman–Crippen LogP) is 2.61. The van der Waals surface area contributed by atoms with Crippen molar-refractivity contribution in [3.05, 3.63) is 0 Å². The smallest absolute Gasteiger partial charge is 0.313 e. The van der Waals surface area contributed by atoms with Crippen LogP contribution in [0.1, 0.15) is 65.7 Å². The third-order valence-corrected chi connectivity index (χ3v) is 5.38. The number of carbonyl (C=O) groups is 1. The summed E-state index contributed by atoms with van der Waals surface area (Å²) in [5.74, 6) is -0.287. The van der Waals surface area contributed by atoms with Crippen molar-refractivity contribution >= 4 is 16.0 Å². The number of carbonyl (C=O) groups excluding carboxylic acids is 1. The van der Waals surface area contributed by atoms with E-state index in [1.54, 1.807) is 6.92 Å². The first kappa shape index (κ1) is 18.4. The van der Waals surface area contributed by atoms with Crippen LogP contribution in [0.5, 0.6) is 0 Å². The molecule has 0 bridgehead atoms. The van der Waals surface area contributed by atoms with Crippen LogP contribution in [0.4, 0.5) is 0 Å². The number of rotatable bonds is 7. The normalized spacial score (nSPS) is 21.5. The van der Waals surface area contributed by atoms with Crippen molar-refractivity contribution in [2.75, 3.05) is 12.8 Å². The molecule has 0 amide bonds. The van der Waals surface area contributed by atoms with E-state index in [4.69, 9.17) is 4.74 Å². The van der Waals surface area contributed by atoms with Crippen molar-refractivity contribution < 1.29 is 17.9 Å². The van der Waals surface area contributed by atoms with E-state index in [9.17, 15) is 13.2 Å². The molecule has 1 unspecified atom stereocenters. The molecule has 0 aliphatic heterocycles. The van der Waals surface area contributed by atoms with Gasteiger partial charge in [0.1, 0.15) is 5.60 Å². The van der Waals surface area contributed by atoms with E-state index in [0.29, 0.717) is 6.42 Å². The number of hydrogen-bond acceptors (Lipinski definition) is 4. The second kappa shape index (κ2) is 7.09. The highest BCUT2D eigenvalue weighted by molar-refractivity contribution is 7.88. The van der Waals surface area contributed by atoms with Gasteiger partial charge in [0.15, 0.2) is 0 Å². The van der Waals surface area contributed by atoms with Crippen molar-refractivity contribution in [2.24, 2.45) is 5.41 Å². The molecule has 1 saturated carbocycles. The Morgan fingerprint density at radius 3 is 2.24 bits per heavy atom. The lowest BCUT2D eigenvalue weighted by Crippen LogP contribution is -2.46. The fraction of sp³-hybridized carbons (Fsp3) is 0.933. The Morgan fingerprint density at radius 2 is 1.81 bits per heavy atom. The number of nitrogens with one attached hydrogen (secondary N) is 1. The molecule has 0 heterocycles. The fourth-order valence-corrected chi connectivity index (χ4v) is 3.26. The second-order valence-electron chi connectivity index (χ2n) is 6.49. The van der Waals surface area contributed by atoms with E-state index in [1.807, 2.05) is 6.92 Å². The average Bonchev–Trinajstić information content (AvgIpc) is 2.45. The van der Waals surface area contributed by atoms with Gasteiger partial charge in [0.25, 0.3) is 0 Å². The minimum Gasteiger partial charge on any atom is -0.459 e. The highest BCUT2D eigenvalue weighted by Crippen LogP contribution is 2.37. The molecule has 0 aromatic rings. The lowest BCUT2D eigenvalue weighted by Gasteiger charge is -2.39. The topological polar surface area (TPSA) is 72.5 Å². The maximum absolute atomic E-state index is 12.6. The van der Waals surface area contributed by atoms with Gasteiger partial charge in [-0.15, -0.1) is 0 Å². The van der Waals surface area contributed by atoms with Crippen LogP contribution in [0.2, 0.25) is 0 Å². The van der Waals surface area contributed by atoms with Crippen molar-refractivity contribution in [1.82, 2.24) is 4.72 Å². The number of esters is 1. The van der Waals surface area contributed by atoms with Gasteiger partial charge in [-0.3, -0.25) is 4.79 Å². The molecule has 124 valence electrons. The molecule has 1 aliphatic rings. The standard InChI is InChI=1S/C15H29NO4S/c1-5-14(3,12-16-21(4,18)19)13(17)20-15(6-2)10-8-7-9-11-15/h16H,5-12H2,1-4H3. The largest absolute Gasteiger partial charge is 0.459 e. The molecule has 1 aliphatic carbocycles. The van der Waals surface area contributed by atoms with E-state index in [-0.39, 0.29) is 18.1 Å². The van der Waals surface area contributed by atoms with Gasteiger partial charge in [0.05, 0.1) is 11.7 Å². The van der Waals surface area contributed by atoms with Gasteiger partial charge in [-0.05, 0) is 45.4 Å². The van der Waals surface area contributed by atoms with Crippen LogP contribution in [0.25, 0.3) is 0 Å². The zero-order valence-electron chi connectivity index (χ0n) is 13.7. The van der Waals surface area contributed by atoms with Crippen LogP contribution in [0.15, 0.2) is 0 Å². The minimum atomic E-state index is -3.31. The molecular formula is C15H29NO4S. The Labute approximate surface area is 128 Å². The van der Waals surface area contributed by atoms with Crippen LogP contribution in [0, 0.1) is 5.41 Å². The van der Waals surface area contributed by atoms with E-state index in [1.165, 1.54) is 6.42 Å². The van der Waals surface area contributed by atoms with Crippen LogP contribution in [0.3, 0.4) is 0 Å². The van der Waals surface area contributed by atoms with Crippen molar-refractivity contribution in [3.63, 3.8) is 0 Å². The highest BCUT2D eigenvalue weighted by atomic mass is 32.2. The van der Waals surface area contributed by atoms with Crippen molar-refractivity contribution in [3.8, 4) is 0 Å². The van der Waals surface area contributed by atoms with Gasteiger partial charge in [0.2, 0.25) is 10.0 Å². The molecule has 0 saturated heterocycles. The Morgan fingerprint density at radius 1 is 1.24 bits per heavy atom. The van der Waals surface area contributed by atoms with Gasteiger partial charge >= 0.3 is 5.97 Å². The lowest BCUT2D eigenvalue weighted by molar-refractivity contribution is -0.175. The Balaban J connectivity index is 2.77. The summed E-state index contributed by atoms with van der Waals surface area (Å²) in [6.45, 7) is 5.78. The van der Waals surface area contributed by atoms with Crippen molar-refractivity contribution in [1.29, 1.82) is 0 Å². The molecule has 1 atom stereocenters. The summed E-state index contributed by atoms with van der Waals surface area (Å²) < 4.78 is 30.8.